The van der Waals surface area contributed by atoms with Crippen molar-refractivity contribution < 1.29 is 156 Å². The Bertz CT molecular complexity index is 4230. The second kappa shape index (κ2) is 57.4. The molecule has 53 nitrogen and oxygen atoms in total. The minimum Gasteiger partial charge on any atom is -0.481 e. The first-order chi connectivity index (χ1) is 63.3. The predicted molar refractivity (Wildman–Crippen MR) is 473 cm³/mol. The zero-order valence-electron chi connectivity index (χ0n) is 79.1. The maximum Gasteiger partial charge on any atom is 0.328 e. The maximum atomic E-state index is 14.4. The first kappa shape index (κ1) is 120. The lowest BCUT2D eigenvalue weighted by Crippen LogP contribution is -2.63. The van der Waals surface area contributed by atoms with Crippen LogP contribution >= 0.6 is 0 Å². The smallest absolute Gasteiger partial charge is 0.328 e. The number of nitrogens with two attached hydrogens (primary N) is 2. The average Bonchev–Trinajstić information content (AvgIpc) is 1.63. The molecule has 30 N–H and O–H groups in total. The number of hydrogen-bond acceptors (Lipinski definition) is 30. The van der Waals surface area contributed by atoms with Gasteiger partial charge in [-0.2, -0.15) is 0 Å². The summed E-state index contributed by atoms with van der Waals surface area (Å²) in [5.74, 6) is -29.4. The van der Waals surface area contributed by atoms with E-state index in [9.17, 15) is 156 Å². The van der Waals surface area contributed by atoms with E-state index in [4.69, 9.17) is 11.5 Å². The number of aliphatic hydroxyl groups is 6. The number of aliphatic carboxylic acids is 3. The molecule has 0 aromatic carbocycles. The SMILES string of the molecule is CC[C@H](C)[C@H](NC(=O)[C@H](C)N)C(=O)N[C@@H](CC(=O)O)C(=O)N[C@@H](CC(C)C)C(=O)N[C@H](C(=O)N[C@@H](CCC(N)=O)C(=O)N[C@H](C(=O)N1CCC[C@H]1C(=O)N[C@@H](C)C(=O)N[C@@H](CO)C(=O)N[C@H](C(=O)N[C@@H](CO)C(=O)N[C@@H](CCC(=O)O)C(=O)N1CCC[C@H]1C(=O)N[C@H](C(=O)NCC(=O)NCC(=O)N[C@H](C(=O)N[C@H](C(=O)N[C@H](C(=O)O)[C@@H](C)O)C(C)C)[C@@H](C)O)C(C)C)C(C)C)[C@@H](C)O)[C@@H](C)O. The van der Waals surface area contributed by atoms with Crippen molar-refractivity contribution in [3.8, 4) is 0 Å². The number of hydrogen-bond donors (Lipinski definition) is 28. The third kappa shape index (κ3) is 38.7. The van der Waals surface area contributed by atoms with Crippen LogP contribution in [0.4, 0.5) is 0 Å². The molecular formula is C83H139N21O32. The van der Waals surface area contributed by atoms with Crippen LogP contribution in [0.5, 0.6) is 0 Å². The van der Waals surface area contributed by atoms with E-state index in [0.717, 1.165) is 44.4 Å². The number of amides is 20. The Hall–Kier alpha value is -12.5. The highest BCUT2D eigenvalue weighted by Crippen LogP contribution is 2.24. The first-order valence-electron chi connectivity index (χ1n) is 44.6. The molecule has 2 aliphatic rings. The number of rotatable bonds is 58. The standard InChI is InChI=1S/C83H139N21O32/c1-17-38(10)61(99-66(118)39(11)84)78(130)92-48(29-57(116)117)69(121)91-47(28-34(2)3)70(122)100-63(42(14)108)79(131)89-45(22-24-53(85)111)68(120)101-64(43(15)109)82(134)104-27-19-20-51(104)73(125)88-40(12)67(119)93-50(33-106)72(124)96-59(36(6)7)76(128)94-49(32-105)71(123)90-46(23-25-56(114)115)81(133)103-26-18-21-52(103)74(126)97-58(35(4)5)75(127)87-30-54(112)86-31-55(113)95-62(41(13)107)80(132)98-60(37(8)9)77(129)102-65(44(16)110)83(135)136/h34-52,58-65,105-110H,17-33,84H2,1-16H3,(H2,85,111)(H,86,112)(H,87,127)(H,88,125)(H,89,131)(H,90,123)(H,91,121)(H,92,130)(H,93,119)(H,94,128)(H,95,113)(H,96,124)(H,97,126)(H,98,132)(H,99,118)(H,100,122)(H,101,120)(H,102,129)(H,114,115)(H,116,117)(H,135,136)/t38-,39-,40-,41+,42+,43+,44+,45-,46-,47-,48-,49-,50-,51-,52-,58-,59-,60-,61-,62-,63-,64-,65-/m0/s1. The second-order valence-electron chi connectivity index (χ2n) is 35.2. The van der Waals surface area contributed by atoms with Gasteiger partial charge in [0.25, 0.3) is 0 Å². The van der Waals surface area contributed by atoms with Crippen molar-refractivity contribution in [2.75, 3.05) is 39.4 Å². The van der Waals surface area contributed by atoms with E-state index in [1.807, 2.05) is 0 Å². The van der Waals surface area contributed by atoms with Crippen molar-refractivity contribution in [3.63, 3.8) is 0 Å². The summed E-state index contributed by atoms with van der Waals surface area (Å²) >= 11 is 0. The van der Waals surface area contributed by atoms with Crippen molar-refractivity contribution in [2.45, 2.75) is 315 Å². The minimum absolute atomic E-state index is 0.0350. The van der Waals surface area contributed by atoms with Crippen molar-refractivity contribution >= 4 is 136 Å². The molecule has 2 saturated heterocycles. The number of carboxylic acids is 3. The summed E-state index contributed by atoms with van der Waals surface area (Å²) in [5, 5.41) is 131. The lowest BCUT2D eigenvalue weighted by molar-refractivity contribution is -0.145. The Morgan fingerprint density at radius 2 is 0.721 bits per heavy atom. The van der Waals surface area contributed by atoms with E-state index in [0.29, 0.717) is 6.42 Å². The number of carbonyl (C=O) groups excluding carboxylic acids is 20. The number of nitrogens with zero attached hydrogens (tertiary/aromatic N) is 2. The van der Waals surface area contributed by atoms with Gasteiger partial charge in [0.2, 0.25) is 118 Å². The van der Waals surface area contributed by atoms with Gasteiger partial charge in [-0.1, -0.05) is 75.7 Å². The molecule has 20 amide bonds. The molecular weight excluding hydrogens is 1800 g/mol. The molecule has 2 rings (SSSR count). The zero-order valence-corrected chi connectivity index (χ0v) is 79.1. The molecule has 0 unspecified atom stereocenters. The van der Waals surface area contributed by atoms with Crippen LogP contribution in [-0.4, -0.2) is 364 Å². The van der Waals surface area contributed by atoms with Gasteiger partial charge < -0.3 is 158 Å². The van der Waals surface area contributed by atoms with Crippen molar-refractivity contribution in [1.82, 2.24) is 100 Å². The van der Waals surface area contributed by atoms with Gasteiger partial charge in [-0.15, -0.1) is 0 Å². The summed E-state index contributed by atoms with van der Waals surface area (Å²) in [7, 11) is 0. The van der Waals surface area contributed by atoms with E-state index in [1.54, 1.807) is 27.7 Å². The van der Waals surface area contributed by atoms with Gasteiger partial charge in [0.05, 0.1) is 63.2 Å². The molecule has 0 aromatic heterocycles. The molecule has 2 fully saturated rings. The first-order valence-corrected chi connectivity index (χ1v) is 44.6. The van der Waals surface area contributed by atoms with Gasteiger partial charge in [-0.25, -0.2) is 4.79 Å². The Balaban J connectivity index is 2.24. The van der Waals surface area contributed by atoms with Crippen LogP contribution in [-0.2, 0) is 110 Å². The largest absolute Gasteiger partial charge is 0.481 e. The normalized spacial score (nSPS) is 18.2. The second-order valence-corrected chi connectivity index (χ2v) is 35.2. The molecule has 0 saturated carbocycles. The molecule has 0 aliphatic carbocycles. The van der Waals surface area contributed by atoms with Gasteiger partial charge in [0.1, 0.15) is 96.7 Å². The van der Waals surface area contributed by atoms with Gasteiger partial charge in [0.15, 0.2) is 6.04 Å². The Morgan fingerprint density at radius 3 is 1.19 bits per heavy atom. The lowest BCUT2D eigenvalue weighted by atomic mass is 9.97. The minimum atomic E-state index is -1.99. The number of carboxylic acid groups (broad SMARTS) is 3. The maximum absolute atomic E-state index is 14.4. The molecule has 0 spiro atoms. The summed E-state index contributed by atoms with van der Waals surface area (Å²) in [6.45, 7) is 17.9. The fourth-order valence-electron chi connectivity index (χ4n) is 14.0. The van der Waals surface area contributed by atoms with Gasteiger partial charge in [-0.3, -0.25) is 105 Å². The highest BCUT2D eigenvalue weighted by atomic mass is 16.4. The van der Waals surface area contributed by atoms with Gasteiger partial charge in [0, 0.05) is 25.9 Å². The summed E-state index contributed by atoms with van der Waals surface area (Å²) in [5.41, 5.74) is 11.1. The highest BCUT2D eigenvalue weighted by molar-refractivity contribution is 6.03. The molecule has 0 aromatic rings. The summed E-state index contributed by atoms with van der Waals surface area (Å²) < 4.78 is 0. The average molecular weight is 1940 g/mol. The molecule has 136 heavy (non-hydrogen) atoms. The summed E-state index contributed by atoms with van der Waals surface area (Å²) in [6, 6.07) is -29.6. The third-order valence-corrected chi connectivity index (χ3v) is 22.0. The Kier molecular flexibility index (Phi) is 50.5. The fourth-order valence-corrected chi connectivity index (χ4v) is 14.0. The highest BCUT2D eigenvalue weighted by Gasteiger charge is 2.46. The summed E-state index contributed by atoms with van der Waals surface area (Å²) in [4.78, 5) is 310. The van der Waals surface area contributed by atoms with Crippen LogP contribution in [0.2, 0.25) is 0 Å². The van der Waals surface area contributed by atoms with Gasteiger partial charge in [-0.05, 0) is 116 Å². The Labute approximate surface area is 784 Å². The quantitative estimate of drug-likeness (QED) is 0.0269. The van der Waals surface area contributed by atoms with Crippen LogP contribution in [0, 0.1) is 29.6 Å². The van der Waals surface area contributed by atoms with Crippen LogP contribution in [0.1, 0.15) is 181 Å². The van der Waals surface area contributed by atoms with Crippen LogP contribution < -0.4 is 102 Å². The molecule has 768 valence electrons. The molecule has 2 aliphatic heterocycles. The van der Waals surface area contributed by atoms with E-state index < -0.39 is 357 Å². The number of aliphatic hydroxyl groups excluding tert-OH is 6. The van der Waals surface area contributed by atoms with E-state index in [-0.39, 0.29) is 45.2 Å². The molecule has 2 heterocycles. The van der Waals surface area contributed by atoms with E-state index >= 15 is 0 Å². The number of likely N-dealkylation sites (tertiary alicyclic amines) is 2. The van der Waals surface area contributed by atoms with Crippen LogP contribution in [0.3, 0.4) is 0 Å². The van der Waals surface area contributed by atoms with E-state index in [1.165, 1.54) is 48.5 Å². The van der Waals surface area contributed by atoms with Crippen LogP contribution in [0.15, 0.2) is 0 Å². The predicted octanol–water partition coefficient (Wildman–Crippen LogP) is -11.9. The van der Waals surface area contributed by atoms with Gasteiger partial charge >= 0.3 is 17.9 Å². The van der Waals surface area contributed by atoms with Crippen molar-refractivity contribution in [3.05, 3.63) is 0 Å². The molecule has 23 atom stereocenters. The van der Waals surface area contributed by atoms with Crippen molar-refractivity contribution in [2.24, 2.45) is 41.1 Å². The van der Waals surface area contributed by atoms with Crippen LogP contribution in [0.25, 0.3) is 0 Å². The number of nitrogens with one attached hydrogen (secondary N) is 17. The topological polar surface area (TPSA) is 838 Å². The Morgan fingerprint density at radius 1 is 0.353 bits per heavy atom. The number of primary amides is 1. The summed E-state index contributed by atoms with van der Waals surface area (Å²) in [6.07, 6.45) is -10.1. The molecule has 0 bridgehead atoms. The lowest BCUT2D eigenvalue weighted by Gasteiger charge is -2.32. The van der Waals surface area contributed by atoms with Crippen molar-refractivity contribution in [1.29, 1.82) is 0 Å². The third-order valence-electron chi connectivity index (χ3n) is 22.0. The fraction of sp³-hybridized carbons (Fsp3) is 0.723. The monoisotopic (exact) mass is 1940 g/mol. The van der Waals surface area contributed by atoms with E-state index in [2.05, 4.69) is 90.4 Å². The molecule has 53 heteroatoms. The number of carbonyl (C=O) groups is 23. The molecule has 0 radical (unpaired) electrons. The zero-order chi connectivity index (χ0) is 104.